The molecule has 0 atom stereocenters. The molecule has 2 saturated carbocycles. The predicted octanol–water partition coefficient (Wildman–Crippen LogP) is 4.78. The van der Waals surface area contributed by atoms with Crippen LogP contribution in [-0.4, -0.2) is 92.1 Å². The maximum atomic E-state index is 13.6. The van der Waals surface area contributed by atoms with Gasteiger partial charge in [-0.2, -0.15) is 5.26 Å². The van der Waals surface area contributed by atoms with E-state index >= 15 is 0 Å². The molecule has 12 nitrogen and oxygen atoms in total. The van der Waals surface area contributed by atoms with E-state index in [0.717, 1.165) is 44.7 Å². The van der Waals surface area contributed by atoms with Crippen LogP contribution in [0.2, 0.25) is 5.02 Å². The molecule has 3 aliphatic heterocycles. The third-order valence-electron chi connectivity index (χ3n) is 11.6. The molecule has 3 fully saturated rings. The first-order valence-corrected chi connectivity index (χ1v) is 17.9. The number of amides is 3. The second kappa shape index (κ2) is 12.3. The summed E-state index contributed by atoms with van der Waals surface area (Å²) in [6, 6.07) is 12.6. The molecule has 1 saturated heterocycles. The molecule has 1 aromatic heterocycles. The van der Waals surface area contributed by atoms with Crippen LogP contribution in [0.5, 0.6) is 5.75 Å². The molecule has 0 spiro atoms. The van der Waals surface area contributed by atoms with Gasteiger partial charge in [0.25, 0.3) is 17.7 Å². The molecule has 4 heterocycles. The summed E-state index contributed by atoms with van der Waals surface area (Å²) in [4.78, 5) is 53.7. The standard InChI is InChI=1S/C39H38ClN7O5/c1-38(2)36(39(3,4)37(38)52-27-9-6-23(19-41)30(40)18-27)46-21-31-32(35(46)50)42-20-24(43-31)7-5-22-15-26(16-22)45-13-11-44(12-14-45)25-8-10-28-29(17-25)34(49)47(51)33(28)48/h6,8-10,17-18,20,22,26,36-37,51H,11-16,21H2,1-4H3/t22-,26-,36-,37-. The second-order valence-corrected chi connectivity index (χ2v) is 16.0. The van der Waals surface area contributed by atoms with Crippen LogP contribution >= 0.6 is 11.6 Å². The molecule has 5 aliphatic rings. The molecule has 1 N–H and O–H groups in total. The lowest BCUT2D eigenvalue weighted by Gasteiger charge is -2.65. The van der Waals surface area contributed by atoms with E-state index in [1.54, 1.807) is 36.5 Å². The first-order chi connectivity index (χ1) is 24.8. The van der Waals surface area contributed by atoms with Crippen LogP contribution in [0.1, 0.15) is 88.7 Å². The number of carbonyl (C=O) groups excluding carboxylic acids is 3. The molecule has 3 aromatic rings. The van der Waals surface area contributed by atoms with E-state index in [2.05, 4.69) is 60.4 Å². The summed E-state index contributed by atoms with van der Waals surface area (Å²) >= 11 is 6.26. The highest BCUT2D eigenvalue weighted by Gasteiger charge is 2.67. The first kappa shape index (κ1) is 34.1. The number of nitrogens with zero attached hydrogens (tertiary/aromatic N) is 7. The van der Waals surface area contributed by atoms with Gasteiger partial charge in [0.15, 0.2) is 5.69 Å². The van der Waals surface area contributed by atoms with Gasteiger partial charge < -0.3 is 14.5 Å². The van der Waals surface area contributed by atoms with Gasteiger partial charge in [0.1, 0.15) is 23.6 Å². The average Bonchev–Trinajstić information content (AvgIpc) is 3.53. The lowest BCUT2D eigenvalue weighted by Crippen LogP contribution is -2.74. The van der Waals surface area contributed by atoms with Gasteiger partial charge in [-0.3, -0.25) is 24.5 Å². The van der Waals surface area contributed by atoms with Gasteiger partial charge in [0.2, 0.25) is 0 Å². The Morgan fingerprint density at radius 1 is 0.942 bits per heavy atom. The van der Waals surface area contributed by atoms with Crippen LogP contribution in [0.15, 0.2) is 42.6 Å². The van der Waals surface area contributed by atoms with Crippen LogP contribution in [0, 0.1) is 39.9 Å². The van der Waals surface area contributed by atoms with E-state index in [9.17, 15) is 24.9 Å². The number of nitriles is 1. The number of piperazine rings is 1. The van der Waals surface area contributed by atoms with Crippen LogP contribution < -0.4 is 9.64 Å². The van der Waals surface area contributed by atoms with Crippen LogP contribution in [0.3, 0.4) is 0 Å². The normalized spacial score (nSPS) is 25.8. The minimum Gasteiger partial charge on any atom is -0.489 e. The quantitative estimate of drug-likeness (QED) is 0.222. The highest BCUT2D eigenvalue weighted by Crippen LogP contribution is 2.59. The van der Waals surface area contributed by atoms with Gasteiger partial charge in [-0.05, 0) is 49.1 Å². The van der Waals surface area contributed by atoms with E-state index < -0.39 is 11.8 Å². The minimum atomic E-state index is -0.684. The molecule has 13 heteroatoms. The number of carbonyl (C=O) groups is 3. The van der Waals surface area contributed by atoms with Crippen molar-refractivity contribution in [3.05, 3.63) is 81.4 Å². The van der Waals surface area contributed by atoms with Gasteiger partial charge in [0, 0.05) is 66.8 Å². The number of fused-ring (bicyclic) bond motifs is 2. The van der Waals surface area contributed by atoms with Crippen molar-refractivity contribution in [2.24, 2.45) is 16.7 Å². The number of hydrogen-bond donors (Lipinski definition) is 1. The van der Waals surface area contributed by atoms with Gasteiger partial charge >= 0.3 is 0 Å². The summed E-state index contributed by atoms with van der Waals surface area (Å²) in [5.74, 6) is 5.95. The van der Waals surface area contributed by atoms with Crippen molar-refractivity contribution in [3.8, 4) is 23.7 Å². The lowest BCUT2D eigenvalue weighted by atomic mass is 9.49. The van der Waals surface area contributed by atoms with E-state index in [-0.39, 0.29) is 51.0 Å². The van der Waals surface area contributed by atoms with Crippen molar-refractivity contribution in [1.29, 1.82) is 5.26 Å². The Kier molecular flexibility index (Phi) is 8.07. The Bertz CT molecular complexity index is 2120. The molecule has 0 radical (unpaired) electrons. The predicted molar refractivity (Wildman–Crippen MR) is 190 cm³/mol. The van der Waals surface area contributed by atoms with Crippen molar-refractivity contribution < 1.29 is 24.3 Å². The number of benzene rings is 2. The van der Waals surface area contributed by atoms with Gasteiger partial charge in [-0.1, -0.05) is 45.2 Å². The fourth-order valence-electron chi connectivity index (χ4n) is 9.30. The molecule has 2 aliphatic carbocycles. The largest absolute Gasteiger partial charge is 0.489 e. The maximum absolute atomic E-state index is 13.6. The number of ether oxygens (including phenoxy) is 1. The molecular formula is C39H38ClN7O5. The van der Waals surface area contributed by atoms with Crippen molar-refractivity contribution in [2.75, 3.05) is 31.1 Å². The van der Waals surface area contributed by atoms with Crippen LogP contribution in [0.25, 0.3) is 0 Å². The summed E-state index contributed by atoms with van der Waals surface area (Å²) in [6.45, 7) is 12.1. The number of imide groups is 1. The Morgan fingerprint density at radius 2 is 1.65 bits per heavy atom. The molecule has 266 valence electrons. The molecule has 52 heavy (non-hydrogen) atoms. The Hall–Kier alpha value is -5.01. The highest BCUT2D eigenvalue weighted by molar-refractivity contribution is 6.31. The number of hydroxylamine groups is 2. The van der Waals surface area contributed by atoms with Crippen LogP contribution in [-0.2, 0) is 6.54 Å². The van der Waals surface area contributed by atoms with E-state index in [0.29, 0.717) is 46.0 Å². The first-order valence-electron chi connectivity index (χ1n) is 17.5. The monoisotopic (exact) mass is 719 g/mol. The van der Waals surface area contributed by atoms with Gasteiger partial charge in [-0.15, -0.1) is 5.06 Å². The Labute approximate surface area is 306 Å². The summed E-state index contributed by atoms with van der Waals surface area (Å²) < 4.78 is 6.43. The second-order valence-electron chi connectivity index (χ2n) is 15.5. The summed E-state index contributed by atoms with van der Waals surface area (Å²) in [5, 5.41) is 19.4. The van der Waals surface area contributed by atoms with Gasteiger partial charge in [-0.25, -0.2) is 9.97 Å². The van der Waals surface area contributed by atoms with Crippen molar-refractivity contribution >= 4 is 35.0 Å². The van der Waals surface area contributed by atoms with Crippen LogP contribution in [0.4, 0.5) is 5.69 Å². The topological polar surface area (TPSA) is 143 Å². The van der Waals surface area contributed by atoms with Crippen molar-refractivity contribution in [1.82, 2.24) is 24.8 Å². The molecule has 0 bridgehead atoms. The van der Waals surface area contributed by atoms with Crippen molar-refractivity contribution in [2.45, 2.75) is 65.3 Å². The summed E-state index contributed by atoms with van der Waals surface area (Å²) in [5.41, 5.74) is 2.54. The summed E-state index contributed by atoms with van der Waals surface area (Å²) in [7, 11) is 0. The SMILES string of the molecule is CC1(C)[C@H](Oc2ccc(C#N)c(Cl)c2)C(C)(C)[C@H]1N1Cc2nc(C#C[C@H]3C[C@H](N4CCN(c5ccc6c(c5)C(=O)N(O)C6=O)CC4)C3)cnc2C1=O. The lowest BCUT2D eigenvalue weighted by molar-refractivity contribution is -0.199. The minimum absolute atomic E-state index is 0.124. The number of halogens is 1. The number of anilines is 1. The summed E-state index contributed by atoms with van der Waals surface area (Å²) in [6.07, 6.45) is 3.34. The molecular weight excluding hydrogens is 682 g/mol. The zero-order valence-corrected chi connectivity index (χ0v) is 30.1. The number of hydrogen-bond acceptors (Lipinski definition) is 10. The third kappa shape index (κ3) is 5.40. The molecule has 3 amide bonds. The van der Waals surface area contributed by atoms with E-state index in [1.165, 1.54) is 0 Å². The molecule has 0 unspecified atom stereocenters. The smallest absolute Gasteiger partial charge is 0.285 e. The average molecular weight is 720 g/mol. The highest BCUT2D eigenvalue weighted by atomic mass is 35.5. The maximum Gasteiger partial charge on any atom is 0.285 e. The Morgan fingerprint density at radius 3 is 2.35 bits per heavy atom. The number of rotatable bonds is 5. The fraction of sp³-hybridized carbons (Fsp3) is 0.436. The zero-order chi connectivity index (χ0) is 36.7. The van der Waals surface area contributed by atoms with E-state index in [1.807, 2.05) is 11.0 Å². The zero-order valence-electron chi connectivity index (χ0n) is 29.4. The van der Waals surface area contributed by atoms with Gasteiger partial charge in [0.05, 0.1) is 40.1 Å². The van der Waals surface area contributed by atoms with E-state index in [4.69, 9.17) is 21.3 Å². The molecule has 8 rings (SSSR count). The fourth-order valence-corrected chi connectivity index (χ4v) is 9.52. The molecule has 2 aromatic carbocycles. The Balaban J connectivity index is 0.855. The number of aromatic nitrogens is 2. The third-order valence-corrected chi connectivity index (χ3v) is 11.9. The van der Waals surface area contributed by atoms with Crippen molar-refractivity contribution in [3.63, 3.8) is 0 Å².